The number of rotatable bonds is 7. The minimum Gasteiger partial charge on any atom is -0.480 e. The number of nitrogens with zero attached hydrogens (tertiary/aromatic N) is 1. The molecule has 0 radical (unpaired) electrons. The van der Waals surface area contributed by atoms with Gasteiger partial charge >= 0.3 is 12.0 Å². The number of carbonyl (C=O) groups is 2. The summed E-state index contributed by atoms with van der Waals surface area (Å²) in [6.45, 7) is 4.80. The van der Waals surface area contributed by atoms with E-state index in [2.05, 4.69) is 11.9 Å². The zero-order valence-corrected chi connectivity index (χ0v) is 12.8. The van der Waals surface area contributed by atoms with E-state index in [4.69, 9.17) is 4.74 Å². The van der Waals surface area contributed by atoms with Crippen molar-refractivity contribution < 1.29 is 19.4 Å². The van der Waals surface area contributed by atoms with Gasteiger partial charge in [0.05, 0.1) is 6.61 Å². The lowest BCUT2D eigenvalue weighted by atomic mass is 9.90. The molecule has 120 valence electrons. The minimum absolute atomic E-state index is 0.365. The zero-order valence-electron chi connectivity index (χ0n) is 12.8. The van der Waals surface area contributed by atoms with Crippen molar-refractivity contribution in [2.24, 2.45) is 0 Å². The Morgan fingerprint density at radius 1 is 1.33 bits per heavy atom. The molecule has 1 aliphatic rings. The van der Waals surface area contributed by atoms with E-state index in [1.807, 2.05) is 0 Å². The lowest BCUT2D eigenvalue weighted by Gasteiger charge is -2.32. The summed E-state index contributed by atoms with van der Waals surface area (Å²) in [6, 6.07) is -0.365. The number of hydrogen-bond acceptors (Lipinski definition) is 3. The van der Waals surface area contributed by atoms with Crippen LogP contribution in [-0.2, 0) is 9.53 Å². The molecule has 0 aliphatic heterocycles. The number of urea groups is 1. The van der Waals surface area contributed by atoms with Gasteiger partial charge < -0.3 is 20.1 Å². The molecule has 0 atom stereocenters. The van der Waals surface area contributed by atoms with Gasteiger partial charge in [-0.25, -0.2) is 9.59 Å². The van der Waals surface area contributed by atoms with Crippen LogP contribution >= 0.6 is 0 Å². The number of methoxy groups -OCH3 is 1. The van der Waals surface area contributed by atoms with Crippen LogP contribution in [0.2, 0.25) is 0 Å². The van der Waals surface area contributed by atoms with Crippen LogP contribution in [0.5, 0.6) is 0 Å². The topological polar surface area (TPSA) is 78.9 Å². The number of nitrogens with one attached hydrogen (secondary N) is 1. The molecule has 6 nitrogen and oxygen atoms in total. The lowest BCUT2D eigenvalue weighted by Crippen LogP contribution is -2.58. The Kier molecular flexibility index (Phi) is 7.22. The zero-order chi connectivity index (χ0) is 15.7. The van der Waals surface area contributed by atoms with Crippen molar-refractivity contribution in [3.8, 4) is 0 Å². The van der Waals surface area contributed by atoms with Crippen molar-refractivity contribution in [2.75, 3.05) is 26.8 Å². The Bertz CT molecular complexity index is 363. The predicted octanol–water partition coefficient (Wildman–Crippen LogP) is 2.01. The second kappa shape index (κ2) is 8.67. The van der Waals surface area contributed by atoms with Gasteiger partial charge in [0.15, 0.2) is 0 Å². The van der Waals surface area contributed by atoms with E-state index in [1.165, 1.54) is 4.90 Å². The summed E-state index contributed by atoms with van der Waals surface area (Å²) in [7, 11) is 1.56. The van der Waals surface area contributed by atoms with Gasteiger partial charge in [0.1, 0.15) is 5.54 Å². The molecule has 1 fully saturated rings. The van der Waals surface area contributed by atoms with Gasteiger partial charge in [-0.2, -0.15) is 0 Å². The third kappa shape index (κ3) is 5.04. The molecule has 0 bridgehead atoms. The largest absolute Gasteiger partial charge is 0.480 e. The first kappa shape index (κ1) is 17.5. The van der Waals surface area contributed by atoms with E-state index in [0.717, 1.165) is 25.7 Å². The van der Waals surface area contributed by atoms with Crippen LogP contribution in [-0.4, -0.2) is 54.4 Å². The fraction of sp³-hybridized carbons (Fsp3) is 0.733. The summed E-state index contributed by atoms with van der Waals surface area (Å²) in [6.07, 6.45) is 6.28. The molecule has 0 saturated heterocycles. The highest BCUT2D eigenvalue weighted by Crippen LogP contribution is 2.27. The van der Waals surface area contributed by atoms with Crippen LogP contribution in [0.1, 0.15) is 38.5 Å². The highest BCUT2D eigenvalue weighted by Gasteiger charge is 2.40. The second-order valence-electron chi connectivity index (χ2n) is 5.46. The highest BCUT2D eigenvalue weighted by molar-refractivity contribution is 5.86. The number of carboxylic acids is 1. The number of aliphatic carboxylic acids is 1. The predicted molar refractivity (Wildman–Crippen MR) is 80.2 cm³/mol. The molecule has 1 rings (SSSR count). The summed E-state index contributed by atoms with van der Waals surface area (Å²) in [5.74, 6) is -0.942. The van der Waals surface area contributed by atoms with Crippen molar-refractivity contribution in [3.05, 3.63) is 12.7 Å². The number of carbonyl (C=O) groups excluding carboxylic acids is 1. The number of carboxylic acid groups (broad SMARTS) is 1. The van der Waals surface area contributed by atoms with Crippen LogP contribution in [0.25, 0.3) is 0 Å². The maximum absolute atomic E-state index is 12.4. The molecule has 21 heavy (non-hydrogen) atoms. The van der Waals surface area contributed by atoms with Crippen LogP contribution in [0.15, 0.2) is 12.7 Å². The van der Waals surface area contributed by atoms with Crippen LogP contribution < -0.4 is 5.32 Å². The Balaban J connectivity index is 2.77. The molecule has 1 aliphatic carbocycles. The summed E-state index contributed by atoms with van der Waals surface area (Å²) >= 11 is 0. The van der Waals surface area contributed by atoms with Crippen molar-refractivity contribution in [1.29, 1.82) is 0 Å². The van der Waals surface area contributed by atoms with Crippen molar-refractivity contribution in [3.63, 3.8) is 0 Å². The second-order valence-corrected chi connectivity index (χ2v) is 5.46. The molecule has 2 N–H and O–H groups in total. The van der Waals surface area contributed by atoms with Gasteiger partial charge in [0.2, 0.25) is 0 Å². The Morgan fingerprint density at radius 2 is 1.95 bits per heavy atom. The minimum atomic E-state index is -1.14. The Hall–Kier alpha value is -1.56. The van der Waals surface area contributed by atoms with E-state index in [9.17, 15) is 14.7 Å². The molecular weight excluding hydrogens is 272 g/mol. The first-order valence-electron chi connectivity index (χ1n) is 7.46. The van der Waals surface area contributed by atoms with Crippen LogP contribution in [0.3, 0.4) is 0 Å². The fourth-order valence-corrected chi connectivity index (χ4v) is 2.64. The standard InChI is InChI=1S/C15H26N2O4/c1-3-10-17(11-12-21-2)14(20)16-15(13(18)19)8-6-4-5-7-9-15/h3H,1,4-12H2,2H3,(H,16,20)(H,18,19). The number of ether oxygens (including phenoxy) is 1. The SMILES string of the molecule is C=CCN(CCOC)C(=O)NC1(C(=O)O)CCCCCC1. The average molecular weight is 298 g/mol. The van der Waals surface area contributed by atoms with E-state index in [-0.39, 0.29) is 6.03 Å². The van der Waals surface area contributed by atoms with Crippen molar-refractivity contribution >= 4 is 12.0 Å². The first-order chi connectivity index (χ1) is 10.1. The van der Waals surface area contributed by atoms with Crippen LogP contribution in [0.4, 0.5) is 4.79 Å². The highest BCUT2D eigenvalue weighted by atomic mass is 16.5. The van der Waals surface area contributed by atoms with Crippen molar-refractivity contribution in [1.82, 2.24) is 10.2 Å². The molecule has 6 heteroatoms. The van der Waals surface area contributed by atoms with Gasteiger partial charge in [-0.3, -0.25) is 0 Å². The average Bonchev–Trinajstić information content (AvgIpc) is 2.70. The van der Waals surface area contributed by atoms with Crippen molar-refractivity contribution in [2.45, 2.75) is 44.1 Å². The fourth-order valence-electron chi connectivity index (χ4n) is 2.64. The first-order valence-corrected chi connectivity index (χ1v) is 7.46. The number of hydrogen-bond donors (Lipinski definition) is 2. The Morgan fingerprint density at radius 3 is 2.43 bits per heavy atom. The molecule has 0 aromatic heterocycles. The monoisotopic (exact) mass is 298 g/mol. The van der Waals surface area contributed by atoms with E-state index in [1.54, 1.807) is 13.2 Å². The maximum atomic E-state index is 12.4. The summed E-state index contributed by atoms with van der Waals surface area (Å²) in [5.41, 5.74) is -1.14. The Labute approximate surface area is 126 Å². The third-order valence-electron chi connectivity index (χ3n) is 3.91. The lowest BCUT2D eigenvalue weighted by molar-refractivity contribution is -0.145. The van der Waals surface area contributed by atoms with E-state index >= 15 is 0 Å². The molecule has 0 unspecified atom stereocenters. The molecular formula is C15H26N2O4. The summed E-state index contributed by atoms with van der Waals surface area (Å²) in [5, 5.41) is 12.3. The molecule has 0 heterocycles. The smallest absolute Gasteiger partial charge is 0.329 e. The maximum Gasteiger partial charge on any atom is 0.329 e. The van der Waals surface area contributed by atoms with Gasteiger partial charge in [-0.1, -0.05) is 31.8 Å². The molecule has 0 aromatic rings. The molecule has 0 aromatic carbocycles. The summed E-state index contributed by atoms with van der Waals surface area (Å²) < 4.78 is 4.98. The van der Waals surface area contributed by atoms with E-state index in [0.29, 0.717) is 32.5 Å². The van der Waals surface area contributed by atoms with Gasteiger partial charge in [-0.15, -0.1) is 6.58 Å². The molecule has 1 saturated carbocycles. The van der Waals surface area contributed by atoms with Gasteiger partial charge in [-0.05, 0) is 12.8 Å². The number of amides is 2. The van der Waals surface area contributed by atoms with Crippen LogP contribution in [0, 0.1) is 0 Å². The molecule has 0 spiro atoms. The van der Waals surface area contributed by atoms with Gasteiger partial charge in [0, 0.05) is 20.2 Å². The third-order valence-corrected chi connectivity index (χ3v) is 3.91. The van der Waals surface area contributed by atoms with Gasteiger partial charge in [0.25, 0.3) is 0 Å². The molecule has 2 amide bonds. The summed E-state index contributed by atoms with van der Waals surface area (Å²) in [4.78, 5) is 25.6. The van der Waals surface area contributed by atoms with E-state index < -0.39 is 11.5 Å². The quantitative estimate of drug-likeness (QED) is 0.556. The normalized spacial score (nSPS) is 17.6.